The summed E-state index contributed by atoms with van der Waals surface area (Å²) in [6, 6.07) is 0. The van der Waals surface area contributed by atoms with Crippen molar-refractivity contribution in [2.24, 2.45) is 0 Å². The van der Waals surface area contributed by atoms with Crippen molar-refractivity contribution in [3.8, 4) is 0 Å². The minimum absolute atomic E-state index is 0.214. The molecule has 0 aromatic carbocycles. The Hall–Kier alpha value is -0.980. The van der Waals surface area contributed by atoms with Gasteiger partial charge in [-0.15, -0.1) is 11.3 Å². The Bertz CT molecular complexity index is 484. The molecule has 5 nitrogen and oxygen atoms in total. The van der Waals surface area contributed by atoms with Crippen LogP contribution in [0, 0.1) is 0 Å². The second-order valence-electron chi connectivity index (χ2n) is 6.49. The van der Waals surface area contributed by atoms with E-state index in [-0.39, 0.29) is 5.91 Å². The Morgan fingerprint density at radius 3 is 2.78 bits per heavy atom. The lowest BCUT2D eigenvalue weighted by molar-refractivity contribution is -0.130. The van der Waals surface area contributed by atoms with Crippen LogP contribution in [0.3, 0.4) is 0 Å². The molecule has 1 aromatic heterocycles. The minimum Gasteiger partial charge on any atom is -0.379 e. The summed E-state index contributed by atoms with van der Waals surface area (Å²) in [6.45, 7) is 9.71. The lowest BCUT2D eigenvalue weighted by Gasteiger charge is -2.26. The summed E-state index contributed by atoms with van der Waals surface area (Å²) < 4.78 is 5.34. The average molecular weight is 340 g/mol. The molecule has 130 valence electrons. The Kier molecular flexibility index (Phi) is 7.46. The number of hydrogen-bond donors (Lipinski definition) is 0. The van der Waals surface area contributed by atoms with Crippen molar-refractivity contribution in [3.05, 3.63) is 16.1 Å². The van der Waals surface area contributed by atoms with Crippen LogP contribution in [0.5, 0.6) is 0 Å². The van der Waals surface area contributed by atoms with E-state index >= 15 is 0 Å². The second kappa shape index (κ2) is 9.35. The lowest BCUT2D eigenvalue weighted by atomic mass is 10.2. The first-order chi connectivity index (χ1) is 11.1. The third kappa shape index (κ3) is 6.20. The van der Waals surface area contributed by atoms with Gasteiger partial charge in [0.05, 0.1) is 30.5 Å². The number of aromatic nitrogens is 1. The highest BCUT2D eigenvalue weighted by Crippen LogP contribution is 2.20. The molecule has 0 saturated carbocycles. The van der Waals surface area contributed by atoms with Gasteiger partial charge < -0.3 is 9.64 Å². The smallest absolute Gasteiger partial charge is 0.222 e. The number of carbonyl (C=O) groups excluding carboxylic acids is 1. The van der Waals surface area contributed by atoms with Crippen LogP contribution in [0.25, 0.3) is 0 Å². The molecule has 2 heterocycles. The van der Waals surface area contributed by atoms with Crippen LogP contribution in [0.1, 0.15) is 49.7 Å². The van der Waals surface area contributed by atoms with Gasteiger partial charge in [0.15, 0.2) is 0 Å². The van der Waals surface area contributed by atoms with Gasteiger partial charge in [0.1, 0.15) is 0 Å². The van der Waals surface area contributed by atoms with Gasteiger partial charge in [-0.3, -0.25) is 9.69 Å². The fraction of sp³-hybridized carbons (Fsp3) is 0.765. The number of carbonyl (C=O) groups is 1. The predicted octanol–water partition coefficient (Wildman–Crippen LogP) is 2.73. The molecular formula is C17H29N3O2S. The Labute approximate surface area is 143 Å². The summed E-state index contributed by atoms with van der Waals surface area (Å²) in [6.07, 6.45) is 2.66. The van der Waals surface area contributed by atoms with Crippen molar-refractivity contribution >= 4 is 17.2 Å². The maximum absolute atomic E-state index is 12.2. The first kappa shape index (κ1) is 18.4. The fourth-order valence-corrected chi connectivity index (χ4v) is 3.45. The normalized spacial score (nSPS) is 16.0. The van der Waals surface area contributed by atoms with Crippen LogP contribution in [-0.4, -0.2) is 60.6 Å². The van der Waals surface area contributed by atoms with E-state index in [0.29, 0.717) is 18.9 Å². The topological polar surface area (TPSA) is 45.7 Å². The van der Waals surface area contributed by atoms with Crippen molar-refractivity contribution < 1.29 is 9.53 Å². The molecule has 0 aliphatic carbocycles. The van der Waals surface area contributed by atoms with Gasteiger partial charge in [-0.1, -0.05) is 13.8 Å². The number of morpholine rings is 1. The quantitative estimate of drug-likeness (QED) is 0.683. The molecule has 0 N–H and O–H groups in total. The number of unbranched alkanes of at least 4 members (excludes halogenated alkanes) is 1. The van der Waals surface area contributed by atoms with Gasteiger partial charge in [0.2, 0.25) is 5.91 Å². The van der Waals surface area contributed by atoms with Crippen molar-refractivity contribution in [2.75, 3.05) is 39.9 Å². The molecule has 0 spiro atoms. The van der Waals surface area contributed by atoms with Crippen LogP contribution in [0.2, 0.25) is 0 Å². The van der Waals surface area contributed by atoms with Gasteiger partial charge in [0.25, 0.3) is 0 Å². The first-order valence-electron chi connectivity index (χ1n) is 8.54. The number of thiazole rings is 1. The first-order valence-corrected chi connectivity index (χ1v) is 9.42. The number of hydrogen-bond acceptors (Lipinski definition) is 5. The van der Waals surface area contributed by atoms with Crippen LogP contribution in [0.15, 0.2) is 5.38 Å². The molecule has 23 heavy (non-hydrogen) atoms. The molecule has 1 aromatic rings. The van der Waals surface area contributed by atoms with Crippen LogP contribution < -0.4 is 0 Å². The van der Waals surface area contributed by atoms with Crippen molar-refractivity contribution in [1.29, 1.82) is 0 Å². The van der Waals surface area contributed by atoms with E-state index in [4.69, 9.17) is 4.74 Å². The van der Waals surface area contributed by atoms with Crippen LogP contribution in [-0.2, 0) is 16.1 Å². The standard InChI is InChI=1S/C17H29N3O2S/c1-14(2)17-18-15(13-23-17)12-19(3)16(21)6-4-5-7-20-8-10-22-11-9-20/h13-14H,4-12H2,1-3H3. The van der Waals surface area contributed by atoms with Crippen molar-refractivity contribution in [2.45, 2.75) is 45.6 Å². The minimum atomic E-state index is 0.214. The summed E-state index contributed by atoms with van der Waals surface area (Å²) in [5.41, 5.74) is 1.00. The largest absolute Gasteiger partial charge is 0.379 e. The third-order valence-corrected chi connectivity index (χ3v) is 5.30. The molecule has 1 fully saturated rings. The molecular weight excluding hydrogens is 310 g/mol. The summed E-state index contributed by atoms with van der Waals surface area (Å²) >= 11 is 1.68. The zero-order valence-corrected chi connectivity index (χ0v) is 15.4. The van der Waals surface area contributed by atoms with Gasteiger partial charge in [0, 0.05) is 37.9 Å². The van der Waals surface area contributed by atoms with Crippen LogP contribution >= 0.6 is 11.3 Å². The second-order valence-corrected chi connectivity index (χ2v) is 7.38. The van der Waals surface area contributed by atoms with E-state index in [1.807, 2.05) is 7.05 Å². The van der Waals surface area contributed by atoms with Gasteiger partial charge in [-0.25, -0.2) is 4.98 Å². The maximum atomic E-state index is 12.2. The predicted molar refractivity (Wildman–Crippen MR) is 93.8 cm³/mol. The zero-order valence-electron chi connectivity index (χ0n) is 14.6. The van der Waals surface area contributed by atoms with E-state index in [2.05, 4.69) is 29.1 Å². The molecule has 0 unspecified atom stereocenters. The van der Waals surface area contributed by atoms with E-state index < -0.39 is 0 Å². The molecule has 1 amide bonds. The SMILES string of the molecule is CC(C)c1nc(CN(C)C(=O)CCCCN2CCOCC2)cs1. The molecule has 0 bridgehead atoms. The Morgan fingerprint density at radius 2 is 2.13 bits per heavy atom. The highest BCUT2D eigenvalue weighted by Gasteiger charge is 2.13. The lowest BCUT2D eigenvalue weighted by Crippen LogP contribution is -2.36. The molecule has 1 aliphatic heterocycles. The van der Waals surface area contributed by atoms with E-state index in [9.17, 15) is 4.79 Å². The average Bonchev–Trinajstić information content (AvgIpc) is 3.01. The number of ether oxygens (including phenoxy) is 1. The summed E-state index contributed by atoms with van der Waals surface area (Å²) in [5, 5.41) is 3.21. The Balaban J connectivity index is 1.63. The van der Waals surface area contributed by atoms with Crippen molar-refractivity contribution in [1.82, 2.24) is 14.8 Å². The van der Waals surface area contributed by atoms with E-state index in [0.717, 1.165) is 56.4 Å². The van der Waals surface area contributed by atoms with Crippen LogP contribution in [0.4, 0.5) is 0 Å². The zero-order chi connectivity index (χ0) is 16.7. The van der Waals surface area contributed by atoms with E-state index in [1.54, 1.807) is 16.2 Å². The highest BCUT2D eigenvalue weighted by molar-refractivity contribution is 7.09. The monoisotopic (exact) mass is 339 g/mol. The van der Waals surface area contributed by atoms with Gasteiger partial charge in [-0.05, 0) is 19.4 Å². The number of rotatable bonds is 8. The highest BCUT2D eigenvalue weighted by atomic mass is 32.1. The third-order valence-electron chi connectivity index (χ3n) is 4.11. The molecule has 1 saturated heterocycles. The van der Waals surface area contributed by atoms with Gasteiger partial charge >= 0.3 is 0 Å². The fourth-order valence-electron chi connectivity index (χ4n) is 2.62. The molecule has 6 heteroatoms. The Morgan fingerprint density at radius 1 is 1.39 bits per heavy atom. The molecule has 0 atom stereocenters. The molecule has 1 aliphatic rings. The number of nitrogens with zero attached hydrogens (tertiary/aromatic N) is 3. The van der Waals surface area contributed by atoms with E-state index in [1.165, 1.54) is 0 Å². The summed E-state index contributed by atoms with van der Waals surface area (Å²) in [4.78, 5) is 21.0. The summed E-state index contributed by atoms with van der Waals surface area (Å²) in [5.74, 6) is 0.668. The van der Waals surface area contributed by atoms with Gasteiger partial charge in [-0.2, -0.15) is 0 Å². The molecule has 2 rings (SSSR count). The summed E-state index contributed by atoms with van der Waals surface area (Å²) in [7, 11) is 1.87. The molecule has 0 radical (unpaired) electrons. The van der Waals surface area contributed by atoms with Crippen molar-refractivity contribution in [3.63, 3.8) is 0 Å². The number of amides is 1. The maximum Gasteiger partial charge on any atom is 0.222 e.